The third-order valence-electron chi connectivity index (χ3n) is 8.36. The summed E-state index contributed by atoms with van der Waals surface area (Å²) in [5, 5.41) is 0. The summed E-state index contributed by atoms with van der Waals surface area (Å²) < 4.78 is 10.8. The highest BCUT2D eigenvalue weighted by atomic mass is 32.2. The van der Waals surface area contributed by atoms with Gasteiger partial charge in [0.2, 0.25) is 0 Å². The average molecular weight is 610 g/mol. The van der Waals surface area contributed by atoms with Crippen molar-refractivity contribution >= 4 is 29.5 Å². The first-order valence-electron chi connectivity index (χ1n) is 15.7. The molecule has 0 amide bonds. The molecule has 2 aromatic carbocycles. The van der Waals surface area contributed by atoms with Crippen molar-refractivity contribution in [3.63, 3.8) is 0 Å². The number of ether oxygens (including phenoxy) is 2. The molecule has 2 aromatic rings. The molecule has 43 heavy (non-hydrogen) atoms. The minimum Gasteiger partial charge on any atom is -0.469 e. The number of Topliss-reactive ketones (excluding diaryl/α,β-unsaturated/α-hetero) is 1. The van der Waals surface area contributed by atoms with Gasteiger partial charge in [-0.05, 0) is 100 Å². The second-order valence-electron chi connectivity index (χ2n) is 13.0. The Morgan fingerprint density at radius 2 is 1.70 bits per heavy atom. The lowest BCUT2D eigenvalue weighted by atomic mass is 9.81. The normalized spacial score (nSPS) is 15.6. The molecule has 1 fully saturated rings. The number of benzene rings is 2. The smallest absolute Gasteiger partial charge is 0.318 e. The van der Waals surface area contributed by atoms with Crippen LogP contribution in [0.4, 0.5) is 0 Å². The second-order valence-corrected chi connectivity index (χ2v) is 14.0. The molecule has 1 saturated carbocycles. The Bertz CT molecular complexity index is 1230. The summed E-state index contributed by atoms with van der Waals surface area (Å²) in [6.07, 6.45) is 10.2. The third kappa shape index (κ3) is 10.2. The summed E-state index contributed by atoms with van der Waals surface area (Å²) in [6.45, 7) is 9.10. The zero-order valence-corrected chi connectivity index (χ0v) is 28.1. The Labute approximate surface area is 263 Å². The second kappa shape index (κ2) is 16.4. The molecule has 3 rings (SSSR count). The lowest BCUT2D eigenvalue weighted by Crippen LogP contribution is -2.41. The van der Waals surface area contributed by atoms with Gasteiger partial charge in [-0.15, -0.1) is 0 Å². The molecule has 1 aliphatic carbocycles. The van der Waals surface area contributed by atoms with Crippen molar-refractivity contribution in [2.75, 3.05) is 32.7 Å². The van der Waals surface area contributed by atoms with E-state index < -0.39 is 35.2 Å². The van der Waals surface area contributed by atoms with E-state index >= 15 is 0 Å². The van der Waals surface area contributed by atoms with Crippen LogP contribution in [0, 0.1) is 24.7 Å². The molecule has 2 unspecified atom stereocenters. The Kier molecular flexibility index (Phi) is 13.3. The largest absolute Gasteiger partial charge is 0.469 e. The number of hydrogen-bond donors (Lipinski definition) is 0. The number of aryl methyl sites for hydroxylation is 1. The van der Waals surface area contributed by atoms with E-state index in [1.165, 1.54) is 45.6 Å². The number of methoxy groups -OCH3 is 1. The first kappa shape index (κ1) is 34.8. The Morgan fingerprint density at radius 1 is 1.00 bits per heavy atom. The highest BCUT2D eigenvalue weighted by Crippen LogP contribution is 2.34. The van der Waals surface area contributed by atoms with Crippen LogP contribution in [0.3, 0.4) is 0 Å². The van der Waals surface area contributed by atoms with Crippen molar-refractivity contribution in [2.45, 2.75) is 84.8 Å². The van der Waals surface area contributed by atoms with Crippen molar-refractivity contribution in [2.24, 2.45) is 17.8 Å². The van der Waals surface area contributed by atoms with Gasteiger partial charge in [0.15, 0.2) is 5.78 Å². The van der Waals surface area contributed by atoms with Crippen LogP contribution in [0.2, 0.25) is 0 Å². The number of esters is 2. The van der Waals surface area contributed by atoms with Crippen LogP contribution in [0.15, 0.2) is 42.5 Å². The van der Waals surface area contributed by atoms with Gasteiger partial charge in [-0.3, -0.25) is 14.4 Å². The average Bonchev–Trinajstić information content (AvgIpc) is 2.97. The molecular formula is C36H51NO5S. The first-order chi connectivity index (χ1) is 20.4. The fourth-order valence-electron chi connectivity index (χ4n) is 6.08. The fraction of sp³-hybridized carbons (Fsp3) is 0.583. The van der Waals surface area contributed by atoms with Gasteiger partial charge >= 0.3 is 11.9 Å². The number of nitrogens with zero attached hydrogens (tertiary/aromatic N) is 1. The lowest BCUT2D eigenvalue weighted by molar-refractivity contribution is -0.165. The maximum absolute atomic E-state index is 14.5. The predicted molar refractivity (Wildman–Crippen MR) is 176 cm³/mol. The van der Waals surface area contributed by atoms with Crippen LogP contribution in [-0.2, 0) is 25.6 Å². The van der Waals surface area contributed by atoms with Crippen LogP contribution in [0.5, 0.6) is 0 Å². The molecule has 0 saturated heterocycles. The molecule has 0 heterocycles. The van der Waals surface area contributed by atoms with Crippen LogP contribution in [-0.4, -0.2) is 60.9 Å². The van der Waals surface area contributed by atoms with Gasteiger partial charge in [0, 0.05) is 12.1 Å². The van der Waals surface area contributed by atoms with Gasteiger partial charge in [-0.2, -0.15) is 11.8 Å². The molecule has 2 atom stereocenters. The molecule has 0 aliphatic heterocycles. The van der Waals surface area contributed by atoms with Gasteiger partial charge in [-0.1, -0.05) is 68.5 Å². The minimum atomic E-state index is -1.31. The van der Waals surface area contributed by atoms with Crippen molar-refractivity contribution < 1.29 is 23.9 Å². The maximum atomic E-state index is 14.5. The van der Waals surface area contributed by atoms with Gasteiger partial charge < -0.3 is 14.4 Å². The Balaban J connectivity index is 2.01. The Hall–Kier alpha value is -2.64. The van der Waals surface area contributed by atoms with Crippen LogP contribution >= 0.6 is 11.8 Å². The summed E-state index contributed by atoms with van der Waals surface area (Å²) in [6, 6.07) is 13.8. The van der Waals surface area contributed by atoms with Crippen molar-refractivity contribution in [1.82, 2.24) is 4.90 Å². The summed E-state index contributed by atoms with van der Waals surface area (Å²) in [7, 11) is 3.45. The lowest BCUT2D eigenvalue weighted by Gasteiger charge is -2.28. The molecule has 0 bridgehead atoms. The monoisotopic (exact) mass is 609 g/mol. The number of thioether (sulfide) groups is 1. The highest BCUT2D eigenvalue weighted by Gasteiger charge is 2.43. The Morgan fingerprint density at radius 3 is 2.33 bits per heavy atom. The van der Waals surface area contributed by atoms with E-state index in [0.29, 0.717) is 17.7 Å². The molecule has 7 heteroatoms. The van der Waals surface area contributed by atoms with E-state index in [0.717, 1.165) is 41.3 Å². The molecule has 6 nitrogen and oxygen atoms in total. The first-order valence-corrected chi connectivity index (χ1v) is 17.1. The maximum Gasteiger partial charge on any atom is 0.318 e. The summed E-state index contributed by atoms with van der Waals surface area (Å²) in [5.41, 5.74) is 3.42. The number of rotatable bonds is 14. The number of carbonyl (C=O) groups is 3. The van der Waals surface area contributed by atoms with E-state index in [1.54, 1.807) is 32.5 Å². The molecular weight excluding hydrogens is 558 g/mol. The van der Waals surface area contributed by atoms with E-state index in [4.69, 9.17) is 9.47 Å². The number of ketones is 1. The van der Waals surface area contributed by atoms with Crippen molar-refractivity contribution in [3.05, 3.63) is 59.2 Å². The third-order valence-corrected chi connectivity index (χ3v) is 9.01. The molecule has 0 spiro atoms. The summed E-state index contributed by atoms with van der Waals surface area (Å²) >= 11 is 1.55. The molecule has 1 aliphatic rings. The van der Waals surface area contributed by atoms with Gasteiger partial charge in [0.1, 0.15) is 11.5 Å². The van der Waals surface area contributed by atoms with E-state index in [2.05, 4.69) is 18.0 Å². The topological polar surface area (TPSA) is 72.9 Å². The molecule has 0 aromatic heterocycles. The molecule has 236 valence electrons. The number of carbonyl (C=O) groups excluding carboxylic acids is 3. The van der Waals surface area contributed by atoms with E-state index in [-0.39, 0.29) is 0 Å². The zero-order valence-electron chi connectivity index (χ0n) is 27.2. The predicted octanol–water partition coefficient (Wildman–Crippen LogP) is 7.75. The zero-order chi connectivity index (χ0) is 31.6. The standard InChI is InChI=1S/C36H51NO5S/c1-25-13-11-12-16-28(25)31-23-27(24-37(5)21-19-26-14-9-8-10-15-26)17-18-29(31)33(38)32(35(40)42-36(2,3)4)30(20-22-43-7)34(39)41-6/h11-13,16-18,23,26,30,32H,8-10,14-15,19-22,24H2,1-7H3. The highest BCUT2D eigenvalue weighted by molar-refractivity contribution is 7.98. The SMILES string of the molecule is COC(=O)C(CCSC)C(C(=O)OC(C)(C)C)C(=O)c1ccc(CN(C)CCC2CCCCC2)cc1-c1ccccc1C. The van der Waals surface area contributed by atoms with Crippen LogP contribution in [0.1, 0.15) is 87.2 Å². The summed E-state index contributed by atoms with van der Waals surface area (Å²) in [5.74, 6) is -2.54. The van der Waals surface area contributed by atoms with Gasteiger partial charge in [-0.25, -0.2) is 0 Å². The van der Waals surface area contributed by atoms with Gasteiger partial charge in [0.05, 0.1) is 13.0 Å². The van der Waals surface area contributed by atoms with Crippen LogP contribution in [0.25, 0.3) is 11.1 Å². The summed E-state index contributed by atoms with van der Waals surface area (Å²) in [4.78, 5) is 43.5. The fourth-order valence-corrected chi connectivity index (χ4v) is 6.57. The number of hydrogen-bond acceptors (Lipinski definition) is 7. The van der Waals surface area contributed by atoms with E-state index in [9.17, 15) is 14.4 Å². The van der Waals surface area contributed by atoms with Crippen molar-refractivity contribution in [1.29, 1.82) is 0 Å². The molecule has 0 radical (unpaired) electrons. The minimum absolute atomic E-state index is 0.326. The van der Waals surface area contributed by atoms with Crippen LogP contribution < -0.4 is 0 Å². The van der Waals surface area contributed by atoms with E-state index in [1.807, 2.05) is 49.6 Å². The van der Waals surface area contributed by atoms with Gasteiger partial charge in [0.25, 0.3) is 0 Å². The van der Waals surface area contributed by atoms with Crippen molar-refractivity contribution in [3.8, 4) is 11.1 Å². The quantitative estimate of drug-likeness (QED) is 0.123. The molecule has 0 N–H and O–H groups in total.